The van der Waals surface area contributed by atoms with Gasteiger partial charge >= 0.3 is 0 Å². The lowest BCUT2D eigenvalue weighted by Crippen LogP contribution is -2.06. The first-order valence-corrected chi connectivity index (χ1v) is 4.15. The Hall–Kier alpha value is -1.91. The molecular weight excluding hydrogens is 182 g/mol. The number of aromatic nitrogens is 2. The second-order valence-electron chi connectivity index (χ2n) is 2.95. The van der Waals surface area contributed by atoms with Crippen LogP contribution in [0.4, 0.5) is 5.69 Å². The van der Waals surface area contributed by atoms with Crippen molar-refractivity contribution in [1.82, 2.24) is 9.97 Å². The highest BCUT2D eigenvalue weighted by Crippen LogP contribution is 2.22. The van der Waals surface area contributed by atoms with Gasteiger partial charge in [0.15, 0.2) is 11.5 Å². The van der Waals surface area contributed by atoms with E-state index in [-0.39, 0.29) is 5.91 Å². The summed E-state index contributed by atoms with van der Waals surface area (Å²) >= 11 is 0. The largest absolute Gasteiger partial charge is 0.439 e. The fourth-order valence-corrected chi connectivity index (χ4v) is 1.24. The van der Waals surface area contributed by atoms with Gasteiger partial charge in [-0.25, -0.2) is 4.98 Å². The van der Waals surface area contributed by atoms with Gasteiger partial charge in [-0.1, -0.05) is 0 Å². The molecule has 2 aromatic heterocycles. The number of fused-ring (bicyclic) bond motifs is 1. The molecule has 0 atom stereocenters. The summed E-state index contributed by atoms with van der Waals surface area (Å²) < 4.78 is 5.33. The van der Waals surface area contributed by atoms with Gasteiger partial charge in [0.2, 0.25) is 5.91 Å². The Morgan fingerprint density at radius 2 is 2.29 bits per heavy atom. The van der Waals surface area contributed by atoms with E-state index in [2.05, 4.69) is 15.3 Å². The molecule has 2 aromatic rings. The third-order valence-electron chi connectivity index (χ3n) is 1.72. The Bertz CT molecular complexity index is 490. The Morgan fingerprint density at radius 1 is 1.50 bits per heavy atom. The Labute approximate surface area is 80.2 Å². The summed E-state index contributed by atoms with van der Waals surface area (Å²) in [5.41, 5.74) is 1.76. The lowest BCUT2D eigenvalue weighted by molar-refractivity contribution is -0.114. The minimum Gasteiger partial charge on any atom is -0.439 e. The molecule has 0 aromatic carbocycles. The van der Waals surface area contributed by atoms with Crippen LogP contribution in [0.15, 0.2) is 16.8 Å². The molecule has 0 aliphatic rings. The van der Waals surface area contributed by atoms with E-state index in [4.69, 9.17) is 4.42 Å². The molecule has 0 spiro atoms. The van der Waals surface area contributed by atoms with Crippen LogP contribution >= 0.6 is 0 Å². The SMILES string of the molecule is CC(=O)Nc1cncc2nc(C)oc12. The quantitative estimate of drug-likeness (QED) is 0.741. The number of anilines is 1. The molecule has 1 amide bonds. The van der Waals surface area contributed by atoms with Gasteiger partial charge < -0.3 is 9.73 Å². The highest BCUT2D eigenvalue weighted by molar-refractivity contribution is 5.96. The number of nitrogens with zero attached hydrogens (tertiary/aromatic N) is 2. The fourth-order valence-electron chi connectivity index (χ4n) is 1.24. The topological polar surface area (TPSA) is 68.0 Å². The second-order valence-corrected chi connectivity index (χ2v) is 2.95. The smallest absolute Gasteiger partial charge is 0.221 e. The molecule has 72 valence electrons. The van der Waals surface area contributed by atoms with Gasteiger partial charge in [-0.2, -0.15) is 0 Å². The first-order valence-electron chi connectivity index (χ1n) is 4.15. The van der Waals surface area contributed by atoms with Gasteiger partial charge in [0.05, 0.1) is 12.4 Å². The predicted molar refractivity (Wildman–Crippen MR) is 50.8 cm³/mol. The standard InChI is InChI=1S/C9H9N3O2/c1-5(13)11-7-3-10-4-8-9(7)14-6(2)12-8/h3-4H,1-2H3,(H,11,13). The zero-order chi connectivity index (χ0) is 10.1. The molecule has 0 unspecified atom stereocenters. The fraction of sp³-hybridized carbons (Fsp3) is 0.222. The summed E-state index contributed by atoms with van der Waals surface area (Å²) in [5.74, 6) is 0.396. The number of oxazole rings is 1. The van der Waals surface area contributed by atoms with E-state index in [1.807, 2.05) is 0 Å². The van der Waals surface area contributed by atoms with Gasteiger partial charge in [-0.05, 0) is 0 Å². The third-order valence-corrected chi connectivity index (χ3v) is 1.72. The van der Waals surface area contributed by atoms with E-state index < -0.39 is 0 Å². The van der Waals surface area contributed by atoms with Gasteiger partial charge in [0.25, 0.3) is 0 Å². The lowest BCUT2D eigenvalue weighted by Gasteiger charge is -1.99. The van der Waals surface area contributed by atoms with E-state index in [0.29, 0.717) is 22.7 Å². The van der Waals surface area contributed by atoms with Crippen molar-refractivity contribution in [3.8, 4) is 0 Å². The summed E-state index contributed by atoms with van der Waals surface area (Å²) in [6, 6.07) is 0. The van der Waals surface area contributed by atoms with Crippen molar-refractivity contribution in [2.24, 2.45) is 0 Å². The van der Waals surface area contributed by atoms with Crippen molar-refractivity contribution in [3.63, 3.8) is 0 Å². The van der Waals surface area contributed by atoms with Gasteiger partial charge in [0, 0.05) is 13.8 Å². The lowest BCUT2D eigenvalue weighted by atomic mass is 10.3. The number of carbonyl (C=O) groups excluding carboxylic acids is 1. The van der Waals surface area contributed by atoms with Crippen LogP contribution in [0.25, 0.3) is 11.1 Å². The number of nitrogens with one attached hydrogen (secondary N) is 1. The molecule has 0 fully saturated rings. The number of hydrogen-bond donors (Lipinski definition) is 1. The number of amides is 1. The molecule has 2 heterocycles. The number of aryl methyl sites for hydroxylation is 1. The molecule has 14 heavy (non-hydrogen) atoms. The average Bonchev–Trinajstić information content (AvgIpc) is 2.45. The Balaban J connectivity index is 2.58. The monoisotopic (exact) mass is 191 g/mol. The molecule has 0 bridgehead atoms. The summed E-state index contributed by atoms with van der Waals surface area (Å²) in [4.78, 5) is 18.9. The maximum absolute atomic E-state index is 10.9. The summed E-state index contributed by atoms with van der Waals surface area (Å²) in [6.07, 6.45) is 3.13. The van der Waals surface area contributed by atoms with Crippen LogP contribution in [0, 0.1) is 6.92 Å². The molecule has 5 heteroatoms. The maximum Gasteiger partial charge on any atom is 0.221 e. The van der Waals surface area contributed by atoms with Crippen LogP contribution in [0.2, 0.25) is 0 Å². The minimum absolute atomic E-state index is 0.159. The van der Waals surface area contributed by atoms with Crippen molar-refractivity contribution in [2.75, 3.05) is 5.32 Å². The average molecular weight is 191 g/mol. The molecular formula is C9H9N3O2. The van der Waals surface area contributed by atoms with Crippen LogP contribution in [0.3, 0.4) is 0 Å². The molecule has 0 aliphatic carbocycles. The van der Waals surface area contributed by atoms with Crippen molar-refractivity contribution >= 4 is 22.7 Å². The molecule has 1 N–H and O–H groups in total. The summed E-state index contributed by atoms with van der Waals surface area (Å²) in [7, 11) is 0. The number of carbonyl (C=O) groups is 1. The van der Waals surface area contributed by atoms with Crippen LogP contribution in [-0.2, 0) is 4.79 Å². The second kappa shape index (κ2) is 3.10. The Morgan fingerprint density at radius 3 is 3.00 bits per heavy atom. The van der Waals surface area contributed by atoms with Crippen molar-refractivity contribution in [2.45, 2.75) is 13.8 Å². The molecule has 0 saturated carbocycles. The van der Waals surface area contributed by atoms with Crippen molar-refractivity contribution in [3.05, 3.63) is 18.3 Å². The van der Waals surface area contributed by atoms with E-state index in [0.717, 1.165) is 0 Å². The summed E-state index contributed by atoms with van der Waals surface area (Å²) in [6.45, 7) is 3.18. The summed E-state index contributed by atoms with van der Waals surface area (Å²) in [5, 5.41) is 2.63. The predicted octanol–water partition coefficient (Wildman–Crippen LogP) is 1.49. The van der Waals surface area contributed by atoms with Gasteiger partial charge in [-0.15, -0.1) is 0 Å². The zero-order valence-electron chi connectivity index (χ0n) is 7.87. The number of rotatable bonds is 1. The zero-order valence-corrected chi connectivity index (χ0v) is 7.87. The molecule has 5 nitrogen and oxygen atoms in total. The van der Waals surface area contributed by atoms with Gasteiger partial charge in [-0.3, -0.25) is 9.78 Å². The van der Waals surface area contributed by atoms with Crippen LogP contribution in [-0.4, -0.2) is 15.9 Å². The maximum atomic E-state index is 10.9. The van der Waals surface area contributed by atoms with E-state index >= 15 is 0 Å². The Kier molecular flexibility index (Phi) is 1.92. The molecule has 0 aliphatic heterocycles. The normalized spacial score (nSPS) is 10.4. The van der Waals surface area contributed by atoms with Gasteiger partial charge in [0.1, 0.15) is 11.2 Å². The third kappa shape index (κ3) is 1.44. The first kappa shape index (κ1) is 8.68. The van der Waals surface area contributed by atoms with E-state index in [9.17, 15) is 4.79 Å². The minimum atomic E-state index is -0.159. The highest BCUT2D eigenvalue weighted by Gasteiger charge is 2.08. The van der Waals surface area contributed by atoms with E-state index in [1.165, 1.54) is 13.1 Å². The molecule has 2 rings (SSSR count). The number of hydrogen-bond acceptors (Lipinski definition) is 4. The molecule has 0 radical (unpaired) electrons. The number of pyridine rings is 1. The van der Waals surface area contributed by atoms with E-state index in [1.54, 1.807) is 13.1 Å². The van der Waals surface area contributed by atoms with Crippen molar-refractivity contribution in [1.29, 1.82) is 0 Å². The van der Waals surface area contributed by atoms with Crippen LogP contribution in [0.1, 0.15) is 12.8 Å². The first-order chi connectivity index (χ1) is 6.66. The van der Waals surface area contributed by atoms with Crippen molar-refractivity contribution < 1.29 is 9.21 Å². The molecule has 0 saturated heterocycles. The van der Waals surface area contributed by atoms with Crippen LogP contribution < -0.4 is 5.32 Å². The van der Waals surface area contributed by atoms with Crippen LogP contribution in [0.5, 0.6) is 0 Å². The highest BCUT2D eigenvalue weighted by atomic mass is 16.3.